The fraction of sp³-hybridized carbons (Fsp3) is 0.235. The maximum atomic E-state index is 9.75. The van der Waals surface area contributed by atoms with Gasteiger partial charge in [0.1, 0.15) is 0 Å². The summed E-state index contributed by atoms with van der Waals surface area (Å²) < 4.78 is 1.45. The van der Waals surface area contributed by atoms with Crippen molar-refractivity contribution in [3.63, 3.8) is 0 Å². The summed E-state index contributed by atoms with van der Waals surface area (Å²) in [6, 6.07) is 18.0. The Hall–Kier alpha value is -1.57. The molecule has 20 heavy (non-hydrogen) atoms. The minimum absolute atomic E-state index is 0.308. The predicted molar refractivity (Wildman–Crippen MR) is 86.4 cm³/mol. The van der Waals surface area contributed by atoms with E-state index < -0.39 is 0 Å². The molecule has 2 nitrogen and oxygen atoms in total. The third-order valence-electron chi connectivity index (χ3n) is 2.96. The van der Waals surface area contributed by atoms with Crippen LogP contribution in [0.25, 0.3) is 0 Å². The number of benzene rings is 2. The second-order valence-electron chi connectivity index (χ2n) is 4.50. The molecule has 0 heterocycles. The summed E-state index contributed by atoms with van der Waals surface area (Å²) in [5, 5.41) is 11.0. The van der Waals surface area contributed by atoms with E-state index in [0.717, 1.165) is 24.2 Å². The van der Waals surface area contributed by atoms with E-state index in [-0.39, 0.29) is 0 Å². The molecule has 0 aliphatic carbocycles. The van der Waals surface area contributed by atoms with Crippen molar-refractivity contribution in [2.75, 3.05) is 6.54 Å². The van der Waals surface area contributed by atoms with Crippen molar-refractivity contribution < 1.29 is 5.11 Å². The van der Waals surface area contributed by atoms with Crippen LogP contribution in [-0.4, -0.2) is 32.3 Å². The minimum atomic E-state index is 0.308. The molecule has 2 rings (SSSR count). The van der Waals surface area contributed by atoms with Crippen LogP contribution in [0, 0.1) is 0 Å². The molecule has 0 saturated carbocycles. The first-order chi connectivity index (χ1) is 9.77. The van der Waals surface area contributed by atoms with Gasteiger partial charge in [0.05, 0.1) is 0 Å². The van der Waals surface area contributed by atoms with Crippen LogP contribution in [0.5, 0.6) is 5.75 Å². The Morgan fingerprint density at radius 2 is 1.75 bits per heavy atom. The molecule has 104 valence electrons. The van der Waals surface area contributed by atoms with Crippen LogP contribution in [0.4, 0.5) is 0 Å². The van der Waals surface area contributed by atoms with Crippen molar-refractivity contribution in [3.05, 3.63) is 60.2 Å². The summed E-state index contributed by atoms with van der Waals surface area (Å²) in [6.45, 7) is 2.78. The molecule has 3 heteroatoms. The molecule has 0 saturated heterocycles. The average molecular weight is 332 g/mol. The number of phenolic OH excluding ortho intramolecular Hbond substituents is 1. The monoisotopic (exact) mass is 333 g/mol. The van der Waals surface area contributed by atoms with E-state index in [9.17, 15) is 5.11 Å². The first-order valence-corrected chi connectivity index (χ1v) is 8.81. The van der Waals surface area contributed by atoms with Crippen molar-refractivity contribution in [3.8, 4) is 5.75 Å². The molecule has 0 radical (unpaired) electrons. The van der Waals surface area contributed by atoms with Crippen molar-refractivity contribution in [1.82, 2.24) is 0 Å². The van der Waals surface area contributed by atoms with Crippen LogP contribution < -0.4 is 4.46 Å². The van der Waals surface area contributed by atoms with Gasteiger partial charge >= 0.3 is 126 Å². The Kier molecular flexibility index (Phi) is 5.85. The number of hydrogen-bond acceptors (Lipinski definition) is 2. The molecule has 0 amide bonds. The Morgan fingerprint density at radius 3 is 2.50 bits per heavy atom. The van der Waals surface area contributed by atoms with Crippen LogP contribution in [0.15, 0.2) is 59.6 Å². The quantitative estimate of drug-likeness (QED) is 0.492. The number of aliphatic imine (C=N–C) groups is 1. The first kappa shape index (κ1) is 14.8. The zero-order valence-electron chi connectivity index (χ0n) is 11.6. The molecule has 0 aliphatic heterocycles. The Labute approximate surface area is 126 Å². The van der Waals surface area contributed by atoms with Crippen LogP contribution in [0.2, 0.25) is 5.32 Å². The van der Waals surface area contributed by atoms with Crippen LogP contribution in [-0.2, 0) is 0 Å². The zero-order valence-corrected chi connectivity index (χ0v) is 13.3. The van der Waals surface area contributed by atoms with E-state index in [2.05, 4.69) is 35.3 Å². The van der Waals surface area contributed by atoms with Crippen LogP contribution >= 0.6 is 0 Å². The first-order valence-electron chi connectivity index (χ1n) is 6.74. The average Bonchev–Trinajstić information content (AvgIpc) is 2.48. The standard InChI is InChI=1S/C17H19NOSe/c1-14(16-10-5-6-11-17(16)19)18-12-7-13-20-15-8-3-2-4-9-15/h2-6,8-11,19H,7,12-13H2,1H3. The van der Waals surface area contributed by atoms with E-state index in [1.165, 1.54) is 9.78 Å². The second-order valence-corrected chi connectivity index (χ2v) is 6.95. The van der Waals surface area contributed by atoms with Gasteiger partial charge < -0.3 is 0 Å². The van der Waals surface area contributed by atoms with Gasteiger partial charge in [-0.25, -0.2) is 0 Å². The fourth-order valence-corrected chi connectivity index (χ4v) is 3.68. The summed E-state index contributed by atoms with van der Waals surface area (Å²) >= 11 is 0.541. The van der Waals surface area contributed by atoms with Gasteiger partial charge in [0, 0.05) is 0 Å². The topological polar surface area (TPSA) is 32.6 Å². The van der Waals surface area contributed by atoms with Gasteiger partial charge in [-0.1, -0.05) is 0 Å². The third kappa shape index (κ3) is 4.52. The molecular weight excluding hydrogens is 313 g/mol. The van der Waals surface area contributed by atoms with Gasteiger partial charge in [0.15, 0.2) is 0 Å². The Morgan fingerprint density at radius 1 is 1.05 bits per heavy atom. The second kappa shape index (κ2) is 7.88. The zero-order chi connectivity index (χ0) is 14.2. The van der Waals surface area contributed by atoms with Gasteiger partial charge in [0.25, 0.3) is 0 Å². The van der Waals surface area contributed by atoms with Gasteiger partial charge in [-0.2, -0.15) is 0 Å². The summed E-state index contributed by atoms with van der Waals surface area (Å²) in [6.07, 6.45) is 1.10. The molecular formula is C17H19NOSe. The van der Waals surface area contributed by atoms with Crippen molar-refractivity contribution in [2.24, 2.45) is 4.99 Å². The number of nitrogens with zero attached hydrogens (tertiary/aromatic N) is 1. The Balaban J connectivity index is 1.78. The number of aromatic hydroxyl groups is 1. The van der Waals surface area contributed by atoms with E-state index in [4.69, 9.17) is 0 Å². The fourth-order valence-electron chi connectivity index (χ4n) is 1.88. The van der Waals surface area contributed by atoms with E-state index in [0.29, 0.717) is 20.7 Å². The van der Waals surface area contributed by atoms with Crippen molar-refractivity contribution in [1.29, 1.82) is 0 Å². The summed E-state index contributed by atoms with van der Waals surface area (Å²) in [7, 11) is 0. The van der Waals surface area contributed by atoms with Crippen molar-refractivity contribution >= 4 is 25.1 Å². The van der Waals surface area contributed by atoms with E-state index in [1.54, 1.807) is 6.07 Å². The van der Waals surface area contributed by atoms with Gasteiger partial charge in [-0.15, -0.1) is 0 Å². The van der Waals surface area contributed by atoms with Crippen LogP contribution in [0.1, 0.15) is 18.9 Å². The third-order valence-corrected chi connectivity index (χ3v) is 5.26. The van der Waals surface area contributed by atoms with E-state index >= 15 is 0 Å². The summed E-state index contributed by atoms with van der Waals surface area (Å²) in [5.74, 6) is 0.308. The molecule has 0 spiro atoms. The molecule has 0 aromatic heterocycles. The SMILES string of the molecule is CC(=NCCC[Se]c1ccccc1)c1ccccc1O. The van der Waals surface area contributed by atoms with Gasteiger partial charge in [0.2, 0.25) is 0 Å². The van der Waals surface area contributed by atoms with Crippen LogP contribution in [0.3, 0.4) is 0 Å². The number of hydrogen-bond donors (Lipinski definition) is 1. The summed E-state index contributed by atoms with van der Waals surface area (Å²) in [5.41, 5.74) is 1.75. The molecule has 2 aromatic carbocycles. The molecule has 0 fully saturated rings. The number of phenols is 1. The molecule has 1 N–H and O–H groups in total. The number of rotatable bonds is 6. The molecule has 0 aliphatic rings. The normalized spacial score (nSPS) is 11.6. The Bertz CT molecular complexity index is 566. The number of para-hydroxylation sites is 1. The molecule has 0 atom stereocenters. The maximum absolute atomic E-state index is 9.75. The molecule has 0 unspecified atom stereocenters. The van der Waals surface area contributed by atoms with Gasteiger partial charge in [-0.3, -0.25) is 0 Å². The predicted octanol–water partition coefficient (Wildman–Crippen LogP) is 3.04. The van der Waals surface area contributed by atoms with Gasteiger partial charge in [-0.05, 0) is 0 Å². The summed E-state index contributed by atoms with van der Waals surface area (Å²) in [4.78, 5) is 4.55. The molecule has 0 bridgehead atoms. The molecule has 2 aromatic rings. The van der Waals surface area contributed by atoms with E-state index in [1.807, 2.05) is 25.1 Å². The van der Waals surface area contributed by atoms with Crippen molar-refractivity contribution in [2.45, 2.75) is 18.7 Å².